The zero-order chi connectivity index (χ0) is 12.0. The summed E-state index contributed by atoms with van der Waals surface area (Å²) >= 11 is 0. The van der Waals surface area contributed by atoms with E-state index in [9.17, 15) is 4.39 Å². The Balaban J connectivity index is 2.32. The first kappa shape index (κ1) is 9.89. The number of hydrogen-bond donors (Lipinski definition) is 2. The Labute approximate surface area is 96.9 Å². The van der Waals surface area contributed by atoms with Gasteiger partial charge in [-0.15, -0.1) is 0 Å². The number of benzene rings is 1. The van der Waals surface area contributed by atoms with Crippen molar-refractivity contribution >= 4 is 16.7 Å². The molecule has 3 aromatic rings. The summed E-state index contributed by atoms with van der Waals surface area (Å²) in [7, 11) is 1.81. The average Bonchev–Trinajstić information content (AvgIpc) is 2.83. The van der Waals surface area contributed by atoms with E-state index in [1.165, 1.54) is 6.07 Å². The molecule has 3 N–H and O–H groups in total. The quantitative estimate of drug-likeness (QED) is 0.673. The van der Waals surface area contributed by atoms with E-state index < -0.39 is 0 Å². The van der Waals surface area contributed by atoms with Gasteiger partial charge in [-0.2, -0.15) is 5.10 Å². The smallest absolute Gasteiger partial charge is 0.147 e. The maximum atomic E-state index is 13.5. The van der Waals surface area contributed by atoms with Gasteiger partial charge in [0.1, 0.15) is 11.6 Å². The standard InChI is InChI=1S/C12H11FN4/c1-17-10(5-11(14)16-17)8-6-15-12-7(8)3-2-4-9(12)13/h2-6,15H,1H3,(H2,14,16). The predicted molar refractivity (Wildman–Crippen MR) is 64.9 cm³/mol. The molecule has 2 aromatic heterocycles. The molecule has 5 heteroatoms. The van der Waals surface area contributed by atoms with Gasteiger partial charge in [-0.1, -0.05) is 12.1 Å². The van der Waals surface area contributed by atoms with Crippen LogP contribution in [0.1, 0.15) is 0 Å². The van der Waals surface area contributed by atoms with Crippen molar-refractivity contribution in [2.45, 2.75) is 0 Å². The fraction of sp³-hybridized carbons (Fsp3) is 0.0833. The van der Waals surface area contributed by atoms with Crippen molar-refractivity contribution in [2.24, 2.45) is 7.05 Å². The third-order valence-corrected chi connectivity index (χ3v) is 2.84. The predicted octanol–water partition coefficient (Wildman–Crippen LogP) is 2.29. The van der Waals surface area contributed by atoms with Crippen LogP contribution in [0.25, 0.3) is 22.2 Å². The minimum Gasteiger partial charge on any atom is -0.382 e. The molecule has 2 heterocycles. The monoisotopic (exact) mass is 230 g/mol. The van der Waals surface area contributed by atoms with Crippen LogP contribution in [0.5, 0.6) is 0 Å². The number of fused-ring (bicyclic) bond motifs is 1. The molecule has 0 unspecified atom stereocenters. The minimum absolute atomic E-state index is 0.260. The Hall–Kier alpha value is -2.30. The first-order chi connectivity index (χ1) is 8.16. The van der Waals surface area contributed by atoms with Gasteiger partial charge >= 0.3 is 0 Å². The van der Waals surface area contributed by atoms with Gasteiger partial charge in [-0.3, -0.25) is 4.68 Å². The first-order valence-corrected chi connectivity index (χ1v) is 5.22. The maximum absolute atomic E-state index is 13.5. The fourth-order valence-corrected chi connectivity index (χ4v) is 2.07. The second-order valence-corrected chi connectivity index (χ2v) is 3.94. The SMILES string of the molecule is Cn1nc(N)cc1-c1c[nH]c2c(F)cccc12. The normalized spacial score (nSPS) is 11.2. The van der Waals surface area contributed by atoms with Gasteiger partial charge in [-0.25, -0.2) is 4.39 Å². The molecule has 4 nitrogen and oxygen atoms in total. The molecule has 0 aliphatic carbocycles. The molecule has 0 atom stereocenters. The Morgan fingerprint density at radius 3 is 2.94 bits per heavy atom. The summed E-state index contributed by atoms with van der Waals surface area (Å²) in [5, 5.41) is 4.91. The molecule has 0 spiro atoms. The van der Waals surface area contributed by atoms with Crippen molar-refractivity contribution in [1.29, 1.82) is 0 Å². The van der Waals surface area contributed by atoms with Crippen LogP contribution in [-0.2, 0) is 7.05 Å². The van der Waals surface area contributed by atoms with Crippen LogP contribution < -0.4 is 5.73 Å². The summed E-state index contributed by atoms with van der Waals surface area (Å²) in [6.45, 7) is 0. The number of rotatable bonds is 1. The van der Waals surface area contributed by atoms with Crippen molar-refractivity contribution in [3.05, 3.63) is 36.3 Å². The number of nitrogens with one attached hydrogen (secondary N) is 1. The first-order valence-electron chi connectivity index (χ1n) is 5.22. The second kappa shape index (κ2) is 3.35. The molecule has 17 heavy (non-hydrogen) atoms. The lowest BCUT2D eigenvalue weighted by molar-refractivity contribution is 0.637. The number of nitrogen functional groups attached to an aromatic ring is 1. The van der Waals surface area contributed by atoms with Gasteiger partial charge < -0.3 is 10.7 Å². The van der Waals surface area contributed by atoms with E-state index in [1.807, 2.05) is 13.1 Å². The number of halogens is 1. The third kappa shape index (κ3) is 1.39. The summed E-state index contributed by atoms with van der Waals surface area (Å²) in [5.74, 6) is 0.192. The van der Waals surface area contributed by atoms with E-state index >= 15 is 0 Å². The van der Waals surface area contributed by atoms with Crippen molar-refractivity contribution in [1.82, 2.24) is 14.8 Å². The third-order valence-electron chi connectivity index (χ3n) is 2.84. The molecule has 86 valence electrons. The molecular weight excluding hydrogens is 219 g/mol. The molecule has 0 saturated heterocycles. The molecule has 0 aliphatic heterocycles. The molecule has 0 radical (unpaired) electrons. The molecule has 3 rings (SSSR count). The molecule has 1 aromatic carbocycles. The number of anilines is 1. The summed E-state index contributed by atoms with van der Waals surface area (Å²) in [6, 6.07) is 6.76. The Kier molecular flexibility index (Phi) is 1.95. The van der Waals surface area contributed by atoms with Crippen LogP contribution in [-0.4, -0.2) is 14.8 Å². The summed E-state index contributed by atoms with van der Waals surface area (Å²) in [5.41, 5.74) is 7.90. The minimum atomic E-state index is -0.260. The van der Waals surface area contributed by atoms with E-state index in [1.54, 1.807) is 23.0 Å². The number of nitrogens with zero attached hydrogens (tertiary/aromatic N) is 2. The number of hydrogen-bond acceptors (Lipinski definition) is 2. The van der Waals surface area contributed by atoms with Crippen molar-refractivity contribution < 1.29 is 4.39 Å². The van der Waals surface area contributed by atoms with E-state index in [0.29, 0.717) is 11.3 Å². The zero-order valence-electron chi connectivity index (χ0n) is 9.24. The fourth-order valence-electron chi connectivity index (χ4n) is 2.07. The summed E-state index contributed by atoms with van der Waals surface area (Å²) < 4.78 is 15.2. The number of nitrogens with two attached hydrogens (primary N) is 1. The van der Waals surface area contributed by atoms with Gasteiger partial charge in [-0.05, 0) is 6.07 Å². The van der Waals surface area contributed by atoms with Crippen molar-refractivity contribution in [3.63, 3.8) is 0 Å². The van der Waals surface area contributed by atoms with E-state index in [2.05, 4.69) is 10.1 Å². The number of aromatic amines is 1. The van der Waals surface area contributed by atoms with Crippen LogP contribution in [0.15, 0.2) is 30.5 Å². The van der Waals surface area contributed by atoms with Crippen LogP contribution in [0.3, 0.4) is 0 Å². The highest BCUT2D eigenvalue weighted by Gasteiger charge is 2.12. The lowest BCUT2D eigenvalue weighted by Gasteiger charge is -1.99. The number of aromatic nitrogens is 3. The highest BCUT2D eigenvalue weighted by molar-refractivity contribution is 5.95. The number of para-hydroxylation sites is 1. The van der Waals surface area contributed by atoms with Gasteiger partial charge in [0, 0.05) is 30.3 Å². The maximum Gasteiger partial charge on any atom is 0.147 e. The van der Waals surface area contributed by atoms with Crippen LogP contribution in [0.4, 0.5) is 10.2 Å². The molecule has 0 saturated carbocycles. The topological polar surface area (TPSA) is 59.6 Å². The van der Waals surface area contributed by atoms with Gasteiger partial charge in [0.15, 0.2) is 0 Å². The van der Waals surface area contributed by atoms with Crippen LogP contribution in [0, 0.1) is 5.82 Å². The van der Waals surface area contributed by atoms with Crippen molar-refractivity contribution in [2.75, 3.05) is 5.73 Å². The zero-order valence-corrected chi connectivity index (χ0v) is 9.24. The summed E-state index contributed by atoms with van der Waals surface area (Å²) in [4.78, 5) is 2.93. The highest BCUT2D eigenvalue weighted by Crippen LogP contribution is 2.30. The second-order valence-electron chi connectivity index (χ2n) is 3.94. The van der Waals surface area contributed by atoms with Gasteiger partial charge in [0.25, 0.3) is 0 Å². The molecular formula is C12H11FN4. The van der Waals surface area contributed by atoms with E-state index in [0.717, 1.165) is 16.6 Å². The molecule has 0 aliphatic rings. The van der Waals surface area contributed by atoms with E-state index in [4.69, 9.17) is 5.73 Å². The van der Waals surface area contributed by atoms with E-state index in [-0.39, 0.29) is 5.82 Å². The Morgan fingerprint density at radius 2 is 2.24 bits per heavy atom. The van der Waals surface area contributed by atoms with Gasteiger partial charge in [0.2, 0.25) is 0 Å². The average molecular weight is 230 g/mol. The highest BCUT2D eigenvalue weighted by atomic mass is 19.1. The number of H-pyrrole nitrogens is 1. The lowest BCUT2D eigenvalue weighted by atomic mass is 10.1. The van der Waals surface area contributed by atoms with Crippen LogP contribution >= 0.6 is 0 Å². The molecule has 0 bridgehead atoms. The number of aryl methyl sites for hydroxylation is 1. The lowest BCUT2D eigenvalue weighted by Crippen LogP contribution is -1.94. The Morgan fingerprint density at radius 1 is 1.41 bits per heavy atom. The molecule has 0 amide bonds. The molecule has 0 fully saturated rings. The summed E-state index contributed by atoms with van der Waals surface area (Å²) in [6.07, 6.45) is 1.77. The Bertz CT molecular complexity index is 696. The van der Waals surface area contributed by atoms with Crippen molar-refractivity contribution in [3.8, 4) is 11.3 Å². The van der Waals surface area contributed by atoms with Gasteiger partial charge in [0.05, 0.1) is 11.2 Å². The van der Waals surface area contributed by atoms with Crippen LogP contribution in [0.2, 0.25) is 0 Å². The largest absolute Gasteiger partial charge is 0.382 e.